The summed E-state index contributed by atoms with van der Waals surface area (Å²) in [6.45, 7) is 1.90. The van der Waals surface area contributed by atoms with E-state index in [1.807, 2.05) is 0 Å². The van der Waals surface area contributed by atoms with E-state index in [1.54, 1.807) is 25.1 Å². The standard InChI is InChI=1S/C11H14N2O4/c1-2-17-10(14)7-8(11(15)16)13-9-5-3-4-6-12-9/h3-6,8H,2,7H2,1H3,(H,12,13)(H,15,16)/t8-/m0/s1. The van der Waals surface area contributed by atoms with Crippen molar-refractivity contribution in [3.8, 4) is 0 Å². The molecule has 92 valence electrons. The summed E-state index contributed by atoms with van der Waals surface area (Å²) in [5, 5.41) is 11.6. The van der Waals surface area contributed by atoms with Crippen LogP contribution in [0.15, 0.2) is 24.4 Å². The molecule has 0 unspecified atom stereocenters. The number of nitrogens with one attached hydrogen (secondary N) is 1. The van der Waals surface area contributed by atoms with Gasteiger partial charge in [-0.25, -0.2) is 9.78 Å². The number of carbonyl (C=O) groups is 2. The highest BCUT2D eigenvalue weighted by atomic mass is 16.5. The lowest BCUT2D eigenvalue weighted by Crippen LogP contribution is -2.32. The molecule has 1 heterocycles. The summed E-state index contributed by atoms with van der Waals surface area (Å²) in [6.07, 6.45) is 1.30. The number of hydrogen-bond donors (Lipinski definition) is 2. The second-order valence-corrected chi connectivity index (χ2v) is 3.26. The van der Waals surface area contributed by atoms with Crippen LogP contribution in [-0.2, 0) is 14.3 Å². The Morgan fingerprint density at radius 1 is 1.53 bits per heavy atom. The Balaban J connectivity index is 2.61. The number of rotatable bonds is 6. The van der Waals surface area contributed by atoms with Crippen LogP contribution in [0.25, 0.3) is 0 Å². The molecule has 0 amide bonds. The van der Waals surface area contributed by atoms with Gasteiger partial charge in [-0.15, -0.1) is 0 Å². The molecule has 0 bridgehead atoms. The van der Waals surface area contributed by atoms with Gasteiger partial charge in [-0.2, -0.15) is 0 Å². The number of ether oxygens (including phenoxy) is 1. The summed E-state index contributed by atoms with van der Waals surface area (Å²) in [4.78, 5) is 26.1. The third-order valence-electron chi connectivity index (χ3n) is 1.96. The molecule has 0 aliphatic carbocycles. The number of nitrogens with zero attached hydrogens (tertiary/aromatic N) is 1. The number of carboxylic acid groups (broad SMARTS) is 1. The SMILES string of the molecule is CCOC(=O)C[C@H](Nc1ccccn1)C(=O)O. The molecule has 0 fully saturated rings. The Morgan fingerprint density at radius 2 is 2.29 bits per heavy atom. The van der Waals surface area contributed by atoms with Crippen molar-refractivity contribution in [3.05, 3.63) is 24.4 Å². The van der Waals surface area contributed by atoms with Crippen LogP contribution in [0.3, 0.4) is 0 Å². The lowest BCUT2D eigenvalue weighted by Gasteiger charge is -2.13. The maximum Gasteiger partial charge on any atom is 0.326 e. The van der Waals surface area contributed by atoms with Crippen LogP contribution in [-0.4, -0.2) is 34.7 Å². The number of hydrogen-bond acceptors (Lipinski definition) is 5. The normalized spacial score (nSPS) is 11.6. The van der Waals surface area contributed by atoms with Gasteiger partial charge in [-0.05, 0) is 19.1 Å². The van der Waals surface area contributed by atoms with E-state index in [4.69, 9.17) is 9.84 Å². The zero-order valence-corrected chi connectivity index (χ0v) is 9.42. The fourth-order valence-corrected chi connectivity index (χ4v) is 1.21. The van der Waals surface area contributed by atoms with Gasteiger partial charge in [0, 0.05) is 6.20 Å². The van der Waals surface area contributed by atoms with Crippen molar-refractivity contribution in [3.63, 3.8) is 0 Å². The summed E-state index contributed by atoms with van der Waals surface area (Å²) >= 11 is 0. The second-order valence-electron chi connectivity index (χ2n) is 3.26. The molecule has 6 heteroatoms. The van der Waals surface area contributed by atoms with Crippen molar-refractivity contribution < 1.29 is 19.4 Å². The van der Waals surface area contributed by atoms with Crippen LogP contribution in [0.1, 0.15) is 13.3 Å². The van der Waals surface area contributed by atoms with E-state index in [9.17, 15) is 9.59 Å². The maximum absolute atomic E-state index is 11.2. The highest BCUT2D eigenvalue weighted by molar-refractivity contribution is 5.83. The molecule has 0 saturated heterocycles. The van der Waals surface area contributed by atoms with E-state index in [2.05, 4.69) is 10.3 Å². The van der Waals surface area contributed by atoms with E-state index in [1.165, 1.54) is 6.20 Å². The fourth-order valence-electron chi connectivity index (χ4n) is 1.21. The number of carbonyl (C=O) groups excluding carboxylic acids is 1. The third kappa shape index (κ3) is 4.50. The van der Waals surface area contributed by atoms with Crippen LogP contribution in [0.2, 0.25) is 0 Å². The first kappa shape index (κ1) is 13.0. The molecule has 1 atom stereocenters. The van der Waals surface area contributed by atoms with Crippen LogP contribution < -0.4 is 5.32 Å². The molecular weight excluding hydrogens is 224 g/mol. The molecule has 0 spiro atoms. The number of esters is 1. The van der Waals surface area contributed by atoms with Crippen molar-refractivity contribution >= 4 is 17.8 Å². The lowest BCUT2D eigenvalue weighted by molar-refractivity contribution is -0.148. The first-order chi connectivity index (χ1) is 8.13. The Bertz CT molecular complexity index is 380. The van der Waals surface area contributed by atoms with Gasteiger partial charge in [0.15, 0.2) is 0 Å². The first-order valence-corrected chi connectivity index (χ1v) is 5.19. The smallest absolute Gasteiger partial charge is 0.326 e. The Labute approximate surface area is 98.6 Å². The summed E-state index contributed by atoms with van der Waals surface area (Å²) in [5.41, 5.74) is 0. The Kier molecular flexibility index (Phi) is 4.93. The van der Waals surface area contributed by atoms with E-state index in [0.29, 0.717) is 5.82 Å². The second kappa shape index (κ2) is 6.47. The van der Waals surface area contributed by atoms with Crippen molar-refractivity contribution in [1.29, 1.82) is 0 Å². The zero-order valence-electron chi connectivity index (χ0n) is 9.42. The van der Waals surface area contributed by atoms with Gasteiger partial charge >= 0.3 is 11.9 Å². The minimum Gasteiger partial charge on any atom is -0.480 e. The lowest BCUT2D eigenvalue weighted by atomic mass is 10.2. The summed E-state index contributed by atoms with van der Waals surface area (Å²) in [6, 6.07) is 4.02. The van der Waals surface area contributed by atoms with E-state index in [-0.39, 0.29) is 13.0 Å². The van der Waals surface area contributed by atoms with Gasteiger partial charge < -0.3 is 15.2 Å². The highest BCUT2D eigenvalue weighted by Gasteiger charge is 2.22. The van der Waals surface area contributed by atoms with E-state index < -0.39 is 18.0 Å². The molecule has 6 nitrogen and oxygen atoms in total. The van der Waals surface area contributed by atoms with Crippen LogP contribution in [0, 0.1) is 0 Å². The highest BCUT2D eigenvalue weighted by Crippen LogP contribution is 2.06. The van der Waals surface area contributed by atoms with Crippen molar-refractivity contribution in [1.82, 2.24) is 4.98 Å². The molecule has 1 aromatic rings. The average Bonchev–Trinajstić information content (AvgIpc) is 2.29. The van der Waals surface area contributed by atoms with Gasteiger partial charge in [-0.1, -0.05) is 6.07 Å². The molecule has 2 N–H and O–H groups in total. The summed E-state index contributed by atoms with van der Waals surface area (Å²) in [5.74, 6) is -1.27. The number of pyridine rings is 1. The molecule has 0 aromatic carbocycles. The maximum atomic E-state index is 11.2. The largest absolute Gasteiger partial charge is 0.480 e. The molecule has 0 aliphatic rings. The van der Waals surface area contributed by atoms with Gasteiger partial charge in [0.25, 0.3) is 0 Å². The summed E-state index contributed by atoms with van der Waals surface area (Å²) < 4.78 is 4.70. The van der Waals surface area contributed by atoms with Crippen LogP contribution in [0.5, 0.6) is 0 Å². The van der Waals surface area contributed by atoms with Crippen molar-refractivity contribution in [2.24, 2.45) is 0 Å². The summed E-state index contributed by atoms with van der Waals surface area (Å²) in [7, 11) is 0. The molecule has 0 aliphatic heterocycles. The number of aliphatic carboxylic acids is 1. The van der Waals surface area contributed by atoms with Gasteiger partial charge in [0.2, 0.25) is 0 Å². The number of aromatic nitrogens is 1. The quantitative estimate of drug-likeness (QED) is 0.716. The van der Waals surface area contributed by atoms with Crippen molar-refractivity contribution in [2.45, 2.75) is 19.4 Å². The predicted octanol–water partition coefficient (Wildman–Crippen LogP) is 0.900. The first-order valence-electron chi connectivity index (χ1n) is 5.19. The van der Waals surface area contributed by atoms with Gasteiger partial charge in [0.1, 0.15) is 11.9 Å². The topological polar surface area (TPSA) is 88.5 Å². The third-order valence-corrected chi connectivity index (χ3v) is 1.96. The fraction of sp³-hybridized carbons (Fsp3) is 0.364. The molecule has 0 radical (unpaired) electrons. The molecule has 1 aromatic heterocycles. The molecular formula is C11H14N2O4. The van der Waals surface area contributed by atoms with E-state index in [0.717, 1.165) is 0 Å². The average molecular weight is 238 g/mol. The predicted molar refractivity (Wildman–Crippen MR) is 60.5 cm³/mol. The van der Waals surface area contributed by atoms with E-state index >= 15 is 0 Å². The van der Waals surface area contributed by atoms with Gasteiger partial charge in [0.05, 0.1) is 13.0 Å². The number of carboxylic acids is 1. The molecule has 17 heavy (non-hydrogen) atoms. The molecule has 0 saturated carbocycles. The van der Waals surface area contributed by atoms with Crippen molar-refractivity contribution in [2.75, 3.05) is 11.9 Å². The number of anilines is 1. The minimum atomic E-state index is -1.12. The zero-order chi connectivity index (χ0) is 12.7. The molecule has 1 rings (SSSR count). The monoisotopic (exact) mass is 238 g/mol. The Morgan fingerprint density at radius 3 is 2.82 bits per heavy atom. The van der Waals surface area contributed by atoms with Gasteiger partial charge in [-0.3, -0.25) is 4.79 Å². The van der Waals surface area contributed by atoms with Crippen LogP contribution >= 0.6 is 0 Å². The van der Waals surface area contributed by atoms with Crippen LogP contribution in [0.4, 0.5) is 5.82 Å². The Hall–Kier alpha value is -2.11. The minimum absolute atomic E-state index is 0.231.